The molecule has 0 amide bonds. The van der Waals surface area contributed by atoms with Crippen molar-refractivity contribution in [2.24, 2.45) is 0 Å². The fraction of sp³-hybridized carbons (Fsp3) is 0.0769. The Morgan fingerprint density at radius 2 is 0.865 bits per heavy atom. The Labute approximate surface area is 306 Å². The summed E-state index contributed by atoms with van der Waals surface area (Å²) in [4.78, 5) is 0. The molecule has 248 valence electrons. The monoisotopic (exact) mass is 664 g/mol. The molecule has 9 aromatic rings. The van der Waals surface area contributed by atoms with E-state index in [1.54, 1.807) is 0 Å². The second-order valence-corrected chi connectivity index (χ2v) is 13.5. The Hall–Kier alpha value is -6.24. The van der Waals surface area contributed by atoms with Crippen molar-refractivity contribution in [3.63, 3.8) is 0 Å². The molecule has 0 N–H and O–H groups in total. The average molecular weight is 665 g/mol. The molecule has 0 radical (unpaired) electrons. The van der Waals surface area contributed by atoms with Crippen molar-refractivity contribution < 1.29 is 0 Å². The van der Waals surface area contributed by atoms with Crippen molar-refractivity contribution in [3.8, 4) is 44.5 Å². The van der Waals surface area contributed by atoms with Crippen LogP contribution in [0.1, 0.15) is 31.4 Å². The largest absolute Gasteiger partial charge is 0.0836 e. The first-order valence-electron chi connectivity index (χ1n) is 18.7. The van der Waals surface area contributed by atoms with E-state index in [4.69, 9.17) is 0 Å². The van der Waals surface area contributed by atoms with Crippen molar-refractivity contribution >= 4 is 49.2 Å². The number of hydrogen-bond donors (Lipinski definition) is 0. The van der Waals surface area contributed by atoms with Gasteiger partial charge in [0.2, 0.25) is 0 Å². The molecule has 0 bridgehead atoms. The maximum atomic E-state index is 2.48. The molecule has 0 fully saturated rings. The third-order valence-corrected chi connectivity index (χ3v) is 10.7. The molecular formula is C52H40. The van der Waals surface area contributed by atoms with Gasteiger partial charge in [-0.15, -0.1) is 0 Å². The van der Waals surface area contributed by atoms with Crippen LogP contribution in [-0.4, -0.2) is 0 Å². The van der Waals surface area contributed by atoms with Gasteiger partial charge in [0.05, 0.1) is 0 Å². The highest BCUT2D eigenvalue weighted by molar-refractivity contribution is 6.23. The van der Waals surface area contributed by atoms with Gasteiger partial charge in [-0.25, -0.2) is 0 Å². The third-order valence-electron chi connectivity index (χ3n) is 10.7. The Morgan fingerprint density at radius 1 is 0.346 bits per heavy atom. The molecule has 1 aliphatic carbocycles. The van der Waals surface area contributed by atoms with Crippen LogP contribution < -0.4 is 0 Å². The molecule has 9 aromatic carbocycles. The number of aryl methyl sites for hydroxylation is 1. The van der Waals surface area contributed by atoms with Crippen molar-refractivity contribution in [1.29, 1.82) is 0 Å². The van der Waals surface area contributed by atoms with Crippen LogP contribution in [0.3, 0.4) is 0 Å². The topological polar surface area (TPSA) is 0 Å². The van der Waals surface area contributed by atoms with Gasteiger partial charge in [-0.3, -0.25) is 0 Å². The zero-order valence-corrected chi connectivity index (χ0v) is 29.7. The van der Waals surface area contributed by atoms with Crippen molar-refractivity contribution in [1.82, 2.24) is 0 Å². The zero-order valence-electron chi connectivity index (χ0n) is 29.7. The van der Waals surface area contributed by atoms with Gasteiger partial charge in [-0.2, -0.15) is 0 Å². The average Bonchev–Trinajstić information content (AvgIpc) is 3.24. The van der Waals surface area contributed by atoms with E-state index >= 15 is 0 Å². The van der Waals surface area contributed by atoms with E-state index in [0.29, 0.717) is 0 Å². The Bertz CT molecular complexity index is 2730. The van der Waals surface area contributed by atoms with E-state index in [1.165, 1.54) is 98.7 Å². The van der Waals surface area contributed by atoms with Gasteiger partial charge in [-0.05, 0) is 124 Å². The summed E-state index contributed by atoms with van der Waals surface area (Å²) in [5.74, 6) is 0. The summed E-state index contributed by atoms with van der Waals surface area (Å²) < 4.78 is 0. The first-order chi connectivity index (χ1) is 25.8. The van der Waals surface area contributed by atoms with Crippen LogP contribution in [0.2, 0.25) is 0 Å². The van der Waals surface area contributed by atoms with Gasteiger partial charge in [-0.1, -0.05) is 184 Å². The molecule has 0 atom stereocenters. The highest BCUT2D eigenvalue weighted by Crippen LogP contribution is 2.48. The Kier molecular flexibility index (Phi) is 8.22. The van der Waals surface area contributed by atoms with Crippen LogP contribution in [-0.2, 0) is 6.42 Å². The molecule has 0 saturated carbocycles. The summed E-state index contributed by atoms with van der Waals surface area (Å²) in [6.07, 6.45) is 6.82. The summed E-state index contributed by atoms with van der Waals surface area (Å²) in [5.41, 5.74) is 12.9. The number of hydrogen-bond acceptors (Lipinski definition) is 0. The summed E-state index contributed by atoms with van der Waals surface area (Å²) in [5, 5.41) is 10.5. The lowest BCUT2D eigenvalue weighted by atomic mass is 9.82. The first-order valence-corrected chi connectivity index (χ1v) is 18.7. The van der Waals surface area contributed by atoms with Gasteiger partial charge in [0, 0.05) is 0 Å². The quantitative estimate of drug-likeness (QED) is 0.130. The van der Waals surface area contributed by atoms with E-state index in [-0.39, 0.29) is 0 Å². The highest BCUT2D eigenvalue weighted by Gasteiger charge is 2.21. The molecule has 0 heterocycles. The predicted octanol–water partition coefficient (Wildman–Crippen LogP) is 15.0. The summed E-state index contributed by atoms with van der Waals surface area (Å²) in [6, 6.07) is 62.9. The molecule has 0 aromatic heterocycles. The van der Waals surface area contributed by atoms with Crippen LogP contribution in [0.25, 0.3) is 93.7 Å². The van der Waals surface area contributed by atoms with E-state index in [9.17, 15) is 0 Å². The number of allylic oxidation sites excluding steroid dienone is 1. The van der Waals surface area contributed by atoms with Crippen LogP contribution >= 0.6 is 0 Å². The van der Waals surface area contributed by atoms with E-state index in [2.05, 4.69) is 182 Å². The summed E-state index contributed by atoms with van der Waals surface area (Å²) in [7, 11) is 0. The van der Waals surface area contributed by atoms with Crippen LogP contribution in [0.5, 0.6) is 0 Å². The van der Waals surface area contributed by atoms with Gasteiger partial charge >= 0.3 is 0 Å². The minimum absolute atomic E-state index is 1.06. The second-order valence-electron chi connectivity index (χ2n) is 13.5. The fourth-order valence-electron chi connectivity index (χ4n) is 8.49. The Balaban J connectivity index is 0.00000177. The smallest absolute Gasteiger partial charge is 0.00199 e. The maximum Gasteiger partial charge on any atom is -0.00199 e. The third kappa shape index (κ3) is 5.22. The number of fused-ring (bicyclic) bond motifs is 8. The summed E-state index contributed by atoms with van der Waals surface area (Å²) >= 11 is 0. The number of rotatable bonds is 4. The molecule has 0 saturated heterocycles. The van der Waals surface area contributed by atoms with E-state index in [1.807, 2.05) is 13.8 Å². The minimum Gasteiger partial charge on any atom is -0.0836 e. The lowest BCUT2D eigenvalue weighted by Gasteiger charge is -2.22. The minimum atomic E-state index is 1.06. The van der Waals surface area contributed by atoms with Crippen molar-refractivity contribution in [2.45, 2.75) is 26.7 Å². The van der Waals surface area contributed by atoms with Crippen LogP contribution in [0.4, 0.5) is 0 Å². The molecule has 0 unspecified atom stereocenters. The van der Waals surface area contributed by atoms with E-state index < -0.39 is 0 Å². The fourth-order valence-corrected chi connectivity index (χ4v) is 8.49. The maximum absolute atomic E-state index is 2.48. The molecule has 0 spiro atoms. The molecule has 0 heteroatoms. The molecular weight excluding hydrogens is 625 g/mol. The molecule has 1 aliphatic rings. The number of benzene rings is 9. The standard InChI is InChI=1S/C50H34.C2H6/c1-3-15-33(16-4-1)35-27-29-37(36-28-30-42-40-21-8-7-19-38(40)39-20-9-10-22-41(39)47(42)32-36)48(31-35)50-45-25-13-11-23-43(45)49(34-17-5-2-6-18-34)44-24-12-14-26-46(44)50;1-2/h1-9,11-21,23-32H,10,22H2;1-2H3. The Morgan fingerprint density at radius 3 is 1.52 bits per heavy atom. The van der Waals surface area contributed by atoms with Gasteiger partial charge in [0.15, 0.2) is 0 Å². The van der Waals surface area contributed by atoms with Gasteiger partial charge < -0.3 is 0 Å². The predicted molar refractivity (Wildman–Crippen MR) is 227 cm³/mol. The van der Waals surface area contributed by atoms with Crippen molar-refractivity contribution in [2.75, 3.05) is 0 Å². The van der Waals surface area contributed by atoms with E-state index in [0.717, 1.165) is 12.8 Å². The normalized spacial score (nSPS) is 12.2. The summed E-state index contributed by atoms with van der Waals surface area (Å²) in [6.45, 7) is 4.00. The zero-order chi connectivity index (χ0) is 35.0. The molecule has 10 rings (SSSR count). The highest BCUT2D eigenvalue weighted by atomic mass is 14.2. The SMILES string of the molecule is C1=Cc2c(c3cc(-c4ccc(-c5ccccc5)cc4-c4c5ccccc5c(-c5ccccc5)c5ccccc45)ccc3c3ccccc23)CC1.CC. The lowest BCUT2D eigenvalue weighted by molar-refractivity contribution is 1.00. The molecule has 0 aliphatic heterocycles. The van der Waals surface area contributed by atoms with Gasteiger partial charge in [0.1, 0.15) is 0 Å². The molecule has 52 heavy (non-hydrogen) atoms. The van der Waals surface area contributed by atoms with Crippen molar-refractivity contribution in [3.05, 3.63) is 187 Å². The molecule has 0 nitrogen and oxygen atoms in total. The van der Waals surface area contributed by atoms with Crippen LogP contribution in [0.15, 0.2) is 176 Å². The van der Waals surface area contributed by atoms with Gasteiger partial charge in [0.25, 0.3) is 0 Å². The lowest BCUT2D eigenvalue weighted by Crippen LogP contribution is -1.98. The van der Waals surface area contributed by atoms with Crippen LogP contribution in [0, 0.1) is 0 Å². The second kappa shape index (κ2) is 13.5. The first kappa shape index (κ1) is 31.7.